The van der Waals surface area contributed by atoms with E-state index in [2.05, 4.69) is 15.1 Å². The van der Waals surface area contributed by atoms with Gasteiger partial charge in [0.15, 0.2) is 5.82 Å². The van der Waals surface area contributed by atoms with E-state index in [1.165, 1.54) is 12.1 Å². The molecule has 176 valence electrons. The molecule has 0 unspecified atom stereocenters. The number of carbonyl (C=O) groups is 2. The zero-order chi connectivity index (χ0) is 23.4. The van der Waals surface area contributed by atoms with Crippen molar-refractivity contribution in [2.75, 3.05) is 44.2 Å². The van der Waals surface area contributed by atoms with Gasteiger partial charge in [-0.3, -0.25) is 9.59 Å². The number of halogens is 1. The van der Waals surface area contributed by atoms with Crippen LogP contribution < -0.4 is 4.90 Å². The Hall–Kier alpha value is -3.03. The molecule has 0 spiro atoms. The first-order chi connectivity index (χ1) is 15.9. The molecule has 1 saturated heterocycles. The minimum Gasteiger partial charge on any atom is -0.353 e. The van der Waals surface area contributed by atoms with Crippen LogP contribution in [0.1, 0.15) is 33.1 Å². The molecular formula is C25H32FN5O2. The summed E-state index contributed by atoms with van der Waals surface area (Å²) in [5, 5.41) is 8.68. The molecule has 1 aliphatic carbocycles. The number of rotatable bonds is 7. The smallest absolute Gasteiger partial charge is 0.242 e. The number of hydrogen-bond donors (Lipinski definition) is 0. The van der Waals surface area contributed by atoms with Gasteiger partial charge in [-0.05, 0) is 61.6 Å². The number of hydrogen-bond acceptors (Lipinski definition) is 5. The van der Waals surface area contributed by atoms with Crippen molar-refractivity contribution >= 4 is 17.6 Å². The average Bonchev–Trinajstić information content (AvgIpc) is 3.65. The minimum absolute atomic E-state index is 0.0178. The first kappa shape index (κ1) is 23.1. The highest BCUT2D eigenvalue weighted by molar-refractivity contribution is 5.85. The number of carbonyl (C=O) groups excluding carboxylic acids is 2. The molecule has 2 heterocycles. The first-order valence-electron chi connectivity index (χ1n) is 11.8. The number of amides is 2. The Morgan fingerprint density at radius 2 is 1.79 bits per heavy atom. The standard InChI is InChI=1S/C25H32FN5O2/c1-18(2)25(33)31(16-19-4-5-19)17-24(32)30-13-3-12-29(14-15-30)23-11-10-22(27-28-23)20-6-8-21(26)9-7-20/h6-11,18-19H,3-5,12-17H2,1-2H3. The van der Waals surface area contributed by atoms with Crippen LogP contribution >= 0.6 is 0 Å². The fraction of sp³-hybridized carbons (Fsp3) is 0.520. The van der Waals surface area contributed by atoms with E-state index < -0.39 is 0 Å². The highest BCUT2D eigenvalue weighted by Crippen LogP contribution is 2.30. The topological polar surface area (TPSA) is 69.6 Å². The first-order valence-corrected chi connectivity index (χ1v) is 11.8. The number of anilines is 1. The van der Waals surface area contributed by atoms with E-state index in [4.69, 9.17) is 0 Å². The summed E-state index contributed by atoms with van der Waals surface area (Å²) in [7, 11) is 0. The molecule has 0 bridgehead atoms. The van der Waals surface area contributed by atoms with E-state index in [9.17, 15) is 14.0 Å². The Kier molecular flexibility index (Phi) is 7.20. The zero-order valence-electron chi connectivity index (χ0n) is 19.4. The molecule has 1 aromatic heterocycles. The van der Waals surface area contributed by atoms with Crippen molar-refractivity contribution in [3.05, 3.63) is 42.2 Å². The summed E-state index contributed by atoms with van der Waals surface area (Å²) in [5.41, 5.74) is 1.51. The van der Waals surface area contributed by atoms with Gasteiger partial charge in [-0.1, -0.05) is 13.8 Å². The van der Waals surface area contributed by atoms with Crippen LogP contribution in [0.25, 0.3) is 11.3 Å². The van der Waals surface area contributed by atoms with Crippen LogP contribution in [-0.2, 0) is 9.59 Å². The van der Waals surface area contributed by atoms with Crippen molar-refractivity contribution in [2.45, 2.75) is 33.1 Å². The summed E-state index contributed by atoms with van der Waals surface area (Å²) < 4.78 is 13.1. The number of benzene rings is 1. The van der Waals surface area contributed by atoms with E-state index in [0.717, 1.165) is 37.2 Å². The molecule has 8 heteroatoms. The lowest BCUT2D eigenvalue weighted by atomic mass is 10.1. The molecule has 2 amide bonds. The molecule has 7 nitrogen and oxygen atoms in total. The predicted molar refractivity (Wildman–Crippen MR) is 125 cm³/mol. The summed E-state index contributed by atoms with van der Waals surface area (Å²) in [6.07, 6.45) is 3.12. The largest absolute Gasteiger partial charge is 0.353 e. The molecule has 1 saturated carbocycles. The molecule has 2 aromatic rings. The van der Waals surface area contributed by atoms with E-state index >= 15 is 0 Å². The molecule has 0 atom stereocenters. The second-order valence-electron chi connectivity index (χ2n) is 9.32. The van der Waals surface area contributed by atoms with Crippen molar-refractivity contribution in [1.29, 1.82) is 0 Å². The third kappa shape index (κ3) is 6.06. The highest BCUT2D eigenvalue weighted by atomic mass is 19.1. The fourth-order valence-corrected chi connectivity index (χ4v) is 4.14. The highest BCUT2D eigenvalue weighted by Gasteiger charge is 2.30. The Morgan fingerprint density at radius 1 is 1.03 bits per heavy atom. The van der Waals surface area contributed by atoms with E-state index in [-0.39, 0.29) is 30.1 Å². The van der Waals surface area contributed by atoms with Crippen molar-refractivity contribution in [3.8, 4) is 11.3 Å². The van der Waals surface area contributed by atoms with Crippen molar-refractivity contribution in [1.82, 2.24) is 20.0 Å². The van der Waals surface area contributed by atoms with Crippen LogP contribution in [0.4, 0.5) is 10.2 Å². The maximum Gasteiger partial charge on any atom is 0.242 e. The summed E-state index contributed by atoms with van der Waals surface area (Å²) in [6.45, 7) is 7.34. The van der Waals surface area contributed by atoms with Gasteiger partial charge in [0.1, 0.15) is 5.82 Å². The Bertz CT molecular complexity index is 960. The quantitative estimate of drug-likeness (QED) is 0.644. The molecule has 1 aliphatic heterocycles. The van der Waals surface area contributed by atoms with Gasteiger partial charge in [0, 0.05) is 44.2 Å². The second kappa shape index (κ2) is 10.3. The minimum atomic E-state index is -0.281. The summed E-state index contributed by atoms with van der Waals surface area (Å²) in [6, 6.07) is 9.99. The van der Waals surface area contributed by atoms with Gasteiger partial charge < -0.3 is 14.7 Å². The van der Waals surface area contributed by atoms with Crippen LogP contribution in [0, 0.1) is 17.7 Å². The maximum absolute atomic E-state index is 13.1. The molecule has 2 aliphatic rings. The Labute approximate surface area is 194 Å². The molecule has 33 heavy (non-hydrogen) atoms. The van der Waals surface area contributed by atoms with Gasteiger partial charge in [-0.25, -0.2) is 4.39 Å². The van der Waals surface area contributed by atoms with Gasteiger partial charge in [0.25, 0.3) is 0 Å². The van der Waals surface area contributed by atoms with Crippen molar-refractivity contribution in [2.24, 2.45) is 11.8 Å². The van der Waals surface area contributed by atoms with Gasteiger partial charge in [-0.15, -0.1) is 10.2 Å². The third-order valence-electron chi connectivity index (χ3n) is 6.27. The monoisotopic (exact) mass is 453 g/mol. The third-order valence-corrected chi connectivity index (χ3v) is 6.27. The van der Waals surface area contributed by atoms with Crippen LogP contribution in [0.5, 0.6) is 0 Å². The predicted octanol–water partition coefficient (Wildman–Crippen LogP) is 3.22. The SMILES string of the molecule is CC(C)C(=O)N(CC(=O)N1CCCN(c2ccc(-c3ccc(F)cc3)nn2)CC1)CC1CC1. The van der Waals surface area contributed by atoms with E-state index in [1.807, 2.05) is 30.9 Å². The average molecular weight is 454 g/mol. The van der Waals surface area contributed by atoms with E-state index in [0.29, 0.717) is 37.8 Å². The Morgan fingerprint density at radius 3 is 2.42 bits per heavy atom. The molecule has 2 fully saturated rings. The van der Waals surface area contributed by atoms with Gasteiger partial charge in [0.05, 0.1) is 12.2 Å². The van der Waals surface area contributed by atoms with Crippen molar-refractivity contribution in [3.63, 3.8) is 0 Å². The summed E-state index contributed by atoms with van der Waals surface area (Å²) >= 11 is 0. The normalized spacial score (nSPS) is 16.6. The number of nitrogens with zero attached hydrogens (tertiary/aromatic N) is 5. The number of aromatic nitrogens is 2. The lowest BCUT2D eigenvalue weighted by Gasteiger charge is -2.28. The lowest BCUT2D eigenvalue weighted by Crippen LogP contribution is -2.46. The molecule has 4 rings (SSSR count). The zero-order valence-corrected chi connectivity index (χ0v) is 19.4. The summed E-state index contributed by atoms with van der Waals surface area (Å²) in [5.74, 6) is 1.01. The fourth-order valence-electron chi connectivity index (χ4n) is 4.14. The van der Waals surface area contributed by atoms with Gasteiger partial charge in [0.2, 0.25) is 11.8 Å². The molecule has 1 aromatic carbocycles. The van der Waals surface area contributed by atoms with Crippen LogP contribution in [0.3, 0.4) is 0 Å². The van der Waals surface area contributed by atoms with Crippen molar-refractivity contribution < 1.29 is 14.0 Å². The van der Waals surface area contributed by atoms with Gasteiger partial charge >= 0.3 is 0 Å². The summed E-state index contributed by atoms with van der Waals surface area (Å²) in [4.78, 5) is 31.4. The molecule has 0 N–H and O–H groups in total. The molecule has 0 radical (unpaired) electrons. The maximum atomic E-state index is 13.1. The lowest BCUT2D eigenvalue weighted by molar-refractivity contribution is -0.142. The molecular weight excluding hydrogens is 421 g/mol. The van der Waals surface area contributed by atoms with Crippen LogP contribution in [-0.4, -0.2) is 71.1 Å². The second-order valence-corrected chi connectivity index (χ2v) is 9.32. The van der Waals surface area contributed by atoms with Crippen LogP contribution in [0.2, 0.25) is 0 Å². The van der Waals surface area contributed by atoms with Crippen LogP contribution in [0.15, 0.2) is 36.4 Å². The Balaban J connectivity index is 1.35. The van der Waals surface area contributed by atoms with Gasteiger partial charge in [-0.2, -0.15) is 0 Å². The van der Waals surface area contributed by atoms with E-state index in [1.54, 1.807) is 17.0 Å².